The second-order valence-electron chi connectivity index (χ2n) is 7.12. The van der Waals surface area contributed by atoms with Gasteiger partial charge in [0.25, 0.3) is 5.91 Å². The van der Waals surface area contributed by atoms with Crippen LogP contribution in [-0.2, 0) is 6.54 Å². The van der Waals surface area contributed by atoms with Crippen molar-refractivity contribution in [1.82, 2.24) is 15.3 Å². The van der Waals surface area contributed by atoms with E-state index in [0.717, 1.165) is 12.1 Å². The van der Waals surface area contributed by atoms with Gasteiger partial charge in [-0.15, -0.1) is 0 Å². The van der Waals surface area contributed by atoms with E-state index in [0.29, 0.717) is 22.2 Å². The molecule has 3 N–H and O–H groups in total. The van der Waals surface area contributed by atoms with Crippen LogP contribution in [0.5, 0.6) is 5.75 Å². The zero-order valence-electron chi connectivity index (χ0n) is 17.4. The summed E-state index contributed by atoms with van der Waals surface area (Å²) in [4.78, 5) is 21.5. The van der Waals surface area contributed by atoms with Crippen LogP contribution in [0.2, 0.25) is 0 Å². The highest BCUT2D eigenvalue weighted by molar-refractivity contribution is 5.98. The first-order valence-corrected chi connectivity index (χ1v) is 9.80. The first kappa shape index (κ1) is 21.4. The molecule has 1 amide bonds. The SMILES string of the molecule is COc1ccc(-c2nc(C(=O)NCc3c(F)cccc3F)c([C@H](C)N)o2)c2cccnc12. The standard InChI is InChI=1S/C23H20F2N4O3/c1-12(26)21-20(22(30)28-11-15-16(24)6-3-7-17(15)25)29-23(32-21)14-8-9-18(31-2)19-13(14)5-4-10-27-19/h3-10,12H,11,26H2,1-2H3,(H,28,30)/t12-/m0/s1. The van der Waals surface area contributed by atoms with Crippen molar-refractivity contribution in [3.05, 3.63) is 77.3 Å². The van der Waals surface area contributed by atoms with Crippen molar-refractivity contribution in [3.63, 3.8) is 0 Å². The molecule has 9 heteroatoms. The second kappa shape index (κ2) is 8.72. The number of methoxy groups -OCH3 is 1. The highest BCUT2D eigenvalue weighted by Gasteiger charge is 2.25. The van der Waals surface area contributed by atoms with E-state index < -0.39 is 23.6 Å². The number of hydrogen-bond donors (Lipinski definition) is 2. The van der Waals surface area contributed by atoms with E-state index in [1.54, 1.807) is 38.4 Å². The summed E-state index contributed by atoms with van der Waals surface area (Å²) in [6.45, 7) is 1.29. The molecule has 0 radical (unpaired) electrons. The molecule has 0 fully saturated rings. The minimum absolute atomic E-state index is 0.0559. The van der Waals surface area contributed by atoms with E-state index in [1.807, 2.05) is 6.07 Å². The van der Waals surface area contributed by atoms with Crippen LogP contribution < -0.4 is 15.8 Å². The van der Waals surface area contributed by atoms with Gasteiger partial charge < -0.3 is 20.2 Å². The number of benzene rings is 2. The van der Waals surface area contributed by atoms with Crippen LogP contribution in [0, 0.1) is 11.6 Å². The number of hydrogen-bond acceptors (Lipinski definition) is 6. The third-order valence-electron chi connectivity index (χ3n) is 4.95. The molecule has 0 spiro atoms. The molecule has 0 bridgehead atoms. The van der Waals surface area contributed by atoms with Gasteiger partial charge in [-0.05, 0) is 37.3 Å². The smallest absolute Gasteiger partial charge is 0.273 e. The molecule has 4 rings (SSSR count). The third kappa shape index (κ3) is 3.90. The number of carbonyl (C=O) groups excluding carboxylic acids is 1. The molecular weight excluding hydrogens is 418 g/mol. The molecule has 4 aromatic rings. The number of fused-ring (bicyclic) bond motifs is 1. The van der Waals surface area contributed by atoms with Crippen molar-refractivity contribution >= 4 is 16.8 Å². The molecule has 0 unspecified atom stereocenters. The van der Waals surface area contributed by atoms with Gasteiger partial charge in [-0.1, -0.05) is 12.1 Å². The molecule has 32 heavy (non-hydrogen) atoms. The molecule has 1 atom stereocenters. The van der Waals surface area contributed by atoms with E-state index in [-0.39, 0.29) is 29.5 Å². The average molecular weight is 438 g/mol. The molecule has 2 aromatic carbocycles. The van der Waals surface area contributed by atoms with Crippen LogP contribution in [0.15, 0.2) is 53.1 Å². The Morgan fingerprint density at radius 1 is 1.19 bits per heavy atom. The zero-order valence-corrected chi connectivity index (χ0v) is 17.4. The second-order valence-corrected chi connectivity index (χ2v) is 7.12. The molecule has 0 aliphatic carbocycles. The monoisotopic (exact) mass is 438 g/mol. The number of nitrogens with two attached hydrogens (primary N) is 1. The molecular formula is C23H20F2N4O3. The Balaban J connectivity index is 1.71. The fourth-order valence-corrected chi connectivity index (χ4v) is 3.37. The number of rotatable bonds is 6. The number of ether oxygens (including phenoxy) is 1. The number of carbonyl (C=O) groups is 1. The summed E-state index contributed by atoms with van der Waals surface area (Å²) < 4.78 is 39.0. The van der Waals surface area contributed by atoms with Gasteiger partial charge in [-0.25, -0.2) is 13.8 Å². The average Bonchev–Trinajstić information content (AvgIpc) is 3.23. The third-order valence-corrected chi connectivity index (χ3v) is 4.95. The van der Waals surface area contributed by atoms with E-state index >= 15 is 0 Å². The van der Waals surface area contributed by atoms with Gasteiger partial charge in [0.15, 0.2) is 11.5 Å². The summed E-state index contributed by atoms with van der Waals surface area (Å²) in [5.41, 5.74) is 6.88. The summed E-state index contributed by atoms with van der Waals surface area (Å²) in [6, 6.07) is 9.90. The Bertz CT molecular complexity index is 1280. The molecule has 0 aliphatic heterocycles. The fraction of sp³-hybridized carbons (Fsp3) is 0.174. The molecule has 164 valence electrons. The van der Waals surface area contributed by atoms with Crippen molar-refractivity contribution in [2.24, 2.45) is 5.73 Å². The largest absolute Gasteiger partial charge is 0.494 e. The van der Waals surface area contributed by atoms with Crippen molar-refractivity contribution in [2.45, 2.75) is 19.5 Å². The van der Waals surface area contributed by atoms with Crippen LogP contribution >= 0.6 is 0 Å². The van der Waals surface area contributed by atoms with Crippen molar-refractivity contribution in [1.29, 1.82) is 0 Å². The summed E-state index contributed by atoms with van der Waals surface area (Å²) in [5, 5.41) is 3.20. The predicted octanol–water partition coefficient (Wildman–Crippen LogP) is 4.13. The Labute approximate surface area is 182 Å². The van der Waals surface area contributed by atoms with Gasteiger partial charge in [0.05, 0.1) is 13.2 Å². The van der Waals surface area contributed by atoms with E-state index in [9.17, 15) is 13.6 Å². The van der Waals surface area contributed by atoms with Gasteiger partial charge >= 0.3 is 0 Å². The van der Waals surface area contributed by atoms with Crippen LogP contribution in [0.1, 0.15) is 34.8 Å². The lowest BCUT2D eigenvalue weighted by molar-refractivity contribution is 0.0943. The van der Waals surface area contributed by atoms with Crippen LogP contribution in [0.3, 0.4) is 0 Å². The Morgan fingerprint density at radius 2 is 1.94 bits per heavy atom. The van der Waals surface area contributed by atoms with E-state index in [1.165, 1.54) is 6.07 Å². The van der Waals surface area contributed by atoms with E-state index in [4.69, 9.17) is 14.9 Å². The number of aromatic nitrogens is 2. The van der Waals surface area contributed by atoms with Crippen molar-refractivity contribution in [2.75, 3.05) is 7.11 Å². The molecule has 0 aliphatic rings. The van der Waals surface area contributed by atoms with Gasteiger partial charge in [0, 0.05) is 29.3 Å². The van der Waals surface area contributed by atoms with Gasteiger partial charge in [-0.3, -0.25) is 9.78 Å². The molecule has 0 saturated heterocycles. The number of nitrogens with zero attached hydrogens (tertiary/aromatic N) is 2. The van der Waals surface area contributed by atoms with E-state index in [2.05, 4.69) is 15.3 Å². The first-order chi connectivity index (χ1) is 15.4. The van der Waals surface area contributed by atoms with Gasteiger partial charge in [0.1, 0.15) is 22.9 Å². The minimum atomic E-state index is -0.754. The molecule has 0 saturated carbocycles. The maximum atomic E-state index is 13.9. The first-order valence-electron chi connectivity index (χ1n) is 9.80. The number of oxazole rings is 1. The summed E-state index contributed by atoms with van der Waals surface area (Å²) in [5.74, 6) is -1.27. The molecule has 2 aromatic heterocycles. The highest BCUT2D eigenvalue weighted by atomic mass is 19.1. The number of amides is 1. The summed E-state index contributed by atoms with van der Waals surface area (Å²) >= 11 is 0. The Hall–Kier alpha value is -3.85. The van der Waals surface area contributed by atoms with Crippen LogP contribution in [0.25, 0.3) is 22.4 Å². The topological polar surface area (TPSA) is 103 Å². The van der Waals surface area contributed by atoms with Crippen molar-refractivity contribution < 1.29 is 22.7 Å². The summed E-state index contributed by atoms with van der Waals surface area (Å²) in [6.07, 6.45) is 1.64. The highest BCUT2D eigenvalue weighted by Crippen LogP contribution is 2.34. The molecule has 7 nitrogen and oxygen atoms in total. The number of nitrogens with one attached hydrogen (secondary N) is 1. The lowest BCUT2D eigenvalue weighted by atomic mass is 10.1. The maximum Gasteiger partial charge on any atom is 0.273 e. The fourth-order valence-electron chi connectivity index (χ4n) is 3.37. The van der Waals surface area contributed by atoms with Crippen LogP contribution in [-0.4, -0.2) is 23.0 Å². The number of pyridine rings is 1. The van der Waals surface area contributed by atoms with Crippen molar-refractivity contribution in [3.8, 4) is 17.2 Å². The Kier molecular flexibility index (Phi) is 5.83. The zero-order chi connectivity index (χ0) is 22.8. The predicted molar refractivity (Wildman–Crippen MR) is 114 cm³/mol. The normalized spacial score (nSPS) is 12.0. The Morgan fingerprint density at radius 3 is 2.62 bits per heavy atom. The minimum Gasteiger partial charge on any atom is -0.494 e. The maximum absolute atomic E-state index is 13.9. The lowest BCUT2D eigenvalue weighted by Crippen LogP contribution is -2.26. The summed E-state index contributed by atoms with van der Waals surface area (Å²) in [7, 11) is 1.54. The molecule has 2 heterocycles. The van der Waals surface area contributed by atoms with Gasteiger partial charge in [-0.2, -0.15) is 0 Å². The number of halogens is 2. The quantitative estimate of drug-likeness (QED) is 0.469. The van der Waals surface area contributed by atoms with Gasteiger partial charge in [0.2, 0.25) is 5.89 Å². The lowest BCUT2D eigenvalue weighted by Gasteiger charge is -2.07. The van der Waals surface area contributed by atoms with Crippen LogP contribution in [0.4, 0.5) is 8.78 Å².